The number of piperidine rings is 2. The van der Waals surface area contributed by atoms with Crippen molar-refractivity contribution in [2.24, 2.45) is 0 Å². The molecule has 1 atom stereocenters. The topological polar surface area (TPSA) is 375 Å². The van der Waals surface area contributed by atoms with Gasteiger partial charge in [-0.1, -0.05) is 77.1 Å². The highest BCUT2D eigenvalue weighted by Gasteiger charge is 2.47. The number of hydrogen-bond acceptors (Lipinski definition) is 26. The number of Topliss-reactive ketones (excluding diaryl/α,β-unsaturated/α-hetero) is 1. The minimum atomic E-state index is -3.64. The Morgan fingerprint density at radius 2 is 1.41 bits per heavy atom. The number of aromatic nitrogens is 6. The molecule has 5 aliphatic rings. The molecule has 1 saturated carbocycles. The van der Waals surface area contributed by atoms with Crippen molar-refractivity contribution < 1.29 is 56.3 Å². The van der Waals surface area contributed by atoms with Crippen molar-refractivity contribution in [3.05, 3.63) is 134 Å². The fraction of sp³-hybridized carbons (Fsp3) is 0.488. The lowest BCUT2D eigenvalue weighted by Gasteiger charge is -2.35. The number of fused-ring (bicyclic) bond motifs is 2. The van der Waals surface area contributed by atoms with Crippen molar-refractivity contribution in [1.29, 1.82) is 0 Å². The zero-order valence-electron chi connectivity index (χ0n) is 68.5. The molecule has 1 unspecified atom stereocenters. The number of ketones is 1. The summed E-state index contributed by atoms with van der Waals surface area (Å²) in [5.74, 6) is -0.0498. The molecule has 31 nitrogen and oxygen atoms in total. The predicted molar refractivity (Wildman–Crippen MR) is 462 cm³/mol. The fourth-order valence-corrected chi connectivity index (χ4v) is 19.1. The van der Waals surface area contributed by atoms with Gasteiger partial charge >= 0.3 is 0 Å². The molecular weight excluding hydrogens is 1600 g/mol. The van der Waals surface area contributed by atoms with Gasteiger partial charge in [0.15, 0.2) is 21.4 Å². The number of unbranched alkanes of at least 4 members (excludes halogenated alkanes) is 3. The Labute approximate surface area is 705 Å². The van der Waals surface area contributed by atoms with Crippen LogP contribution < -0.4 is 47.1 Å². The quantitative estimate of drug-likeness (QED) is 0.00911. The van der Waals surface area contributed by atoms with E-state index in [1.54, 1.807) is 89.8 Å². The van der Waals surface area contributed by atoms with Crippen molar-refractivity contribution >= 4 is 153 Å². The molecule has 4 fully saturated rings. The van der Waals surface area contributed by atoms with Crippen molar-refractivity contribution in [2.75, 3.05) is 123 Å². The average molecular weight is 1710 g/mol. The van der Waals surface area contributed by atoms with E-state index in [0.29, 0.717) is 128 Å². The van der Waals surface area contributed by atoms with Crippen molar-refractivity contribution in [2.45, 2.75) is 173 Å². The number of carbonyl (C=O) groups is 9. The van der Waals surface area contributed by atoms with Crippen molar-refractivity contribution in [1.82, 2.24) is 64.6 Å². The lowest BCUT2D eigenvalue weighted by atomic mass is 9.86. The maximum absolute atomic E-state index is 14.0. The molecule has 3 saturated heterocycles. The number of likely N-dealkylation sites (tertiary alicyclic amines) is 2. The molecular formula is C84H105ClN18O13S3. The van der Waals surface area contributed by atoms with Crippen LogP contribution in [0.25, 0.3) is 11.0 Å². The number of sulfone groups is 1. The Balaban J connectivity index is 0.580. The van der Waals surface area contributed by atoms with E-state index in [4.69, 9.17) is 21.3 Å². The number of amides is 8. The molecule has 12 rings (SSSR count). The molecule has 119 heavy (non-hydrogen) atoms. The second-order valence-electron chi connectivity index (χ2n) is 31.2. The van der Waals surface area contributed by atoms with Gasteiger partial charge in [0.25, 0.3) is 23.3 Å². The Hall–Kier alpha value is -10.3. The van der Waals surface area contributed by atoms with Crippen LogP contribution in [0.15, 0.2) is 95.0 Å². The van der Waals surface area contributed by atoms with E-state index in [0.717, 1.165) is 71.6 Å². The third-order valence-corrected chi connectivity index (χ3v) is 27.2. The average Bonchev–Trinajstić information content (AvgIpc) is 1.69. The van der Waals surface area contributed by atoms with Gasteiger partial charge in [-0.2, -0.15) is 9.97 Å². The highest BCUT2D eigenvalue weighted by molar-refractivity contribution is 8.76. The first-order valence-corrected chi connectivity index (χ1v) is 45.3. The summed E-state index contributed by atoms with van der Waals surface area (Å²) >= 11 is 6.57. The summed E-state index contributed by atoms with van der Waals surface area (Å²) in [5.41, 5.74) is 5.53. The Morgan fingerprint density at radius 1 is 0.706 bits per heavy atom. The van der Waals surface area contributed by atoms with Crippen LogP contribution in [0, 0.1) is 13.8 Å². The molecule has 634 valence electrons. The standard InChI is InChI=1S/C84H105ClN18O13S3/c1-51(2)116-67-45-60(53(5)44-65(67)93-83-91-48-62(85)77(95-83)92-63-21-15-16-23-68(63)119(114,115)52(3)4)56-30-35-100(36-31-56)73(108)24-11-9-10-12-25-74(109)101(50-71(106)87-33-32-86-64-22-17-20-59-76(64)82(113)103(79(59)110)66-27-29-72(107)97(8)80(66)111)41-43-118-117-42-34-88-70(105)49-98-37-39-99(40-38-98)58-26-28-69(89-46-58)94-84-90-47-61-54(6)75(55(7)104)81(112)102(78(61)96-84)57-18-13-14-19-57/h15-17,20-23,26,28,44-48,51-52,56-57,66,86H,9-14,18-19,24-25,27,29-43,49-50H2,1-8H3,(H,87,106)(H,88,105)(H,89,90,94,96)(H2,91,92,93,95). The zero-order valence-corrected chi connectivity index (χ0v) is 71.8. The number of pyridine rings is 2. The number of nitrogens with zero attached hydrogens (tertiary/aromatic N) is 12. The number of benzene rings is 3. The third-order valence-electron chi connectivity index (χ3n) is 22.3. The van der Waals surface area contributed by atoms with Gasteiger partial charge in [0.2, 0.25) is 41.4 Å². The molecule has 0 radical (unpaired) electrons. The van der Waals surface area contributed by atoms with Crippen LogP contribution in [0.5, 0.6) is 5.75 Å². The van der Waals surface area contributed by atoms with E-state index in [1.165, 1.54) is 37.0 Å². The minimum Gasteiger partial charge on any atom is -0.489 e. The van der Waals surface area contributed by atoms with Crippen molar-refractivity contribution in [3.8, 4) is 5.75 Å². The number of nitrogens with one attached hydrogen (secondary N) is 6. The number of piperazine rings is 1. The van der Waals surface area contributed by atoms with E-state index < -0.39 is 44.8 Å². The van der Waals surface area contributed by atoms with Gasteiger partial charge in [-0.15, -0.1) is 0 Å². The number of imide groups is 2. The monoisotopic (exact) mass is 1700 g/mol. The number of hydrogen-bond donors (Lipinski definition) is 6. The normalized spacial score (nSPS) is 16.2. The van der Waals surface area contributed by atoms with Gasteiger partial charge in [-0.25, -0.2) is 23.4 Å². The molecule has 8 amide bonds. The summed E-state index contributed by atoms with van der Waals surface area (Å²) < 4.78 is 34.5. The maximum atomic E-state index is 14.0. The number of halogens is 1. The summed E-state index contributed by atoms with van der Waals surface area (Å²) in [4.78, 5) is 166. The molecule has 6 N–H and O–H groups in total. The first kappa shape index (κ1) is 88.0. The highest BCUT2D eigenvalue weighted by Crippen LogP contribution is 2.41. The van der Waals surface area contributed by atoms with E-state index in [-0.39, 0.29) is 149 Å². The number of rotatable bonds is 37. The first-order chi connectivity index (χ1) is 57.1. The minimum absolute atomic E-state index is 0.0103. The second kappa shape index (κ2) is 40.2. The van der Waals surface area contributed by atoms with Crippen LogP contribution in [-0.4, -0.2) is 230 Å². The number of carbonyl (C=O) groups excluding carboxylic acids is 9. The van der Waals surface area contributed by atoms with Crippen LogP contribution in [0.3, 0.4) is 0 Å². The fourth-order valence-electron chi connectivity index (χ4n) is 15.9. The molecule has 3 aromatic carbocycles. The molecule has 8 heterocycles. The van der Waals surface area contributed by atoms with Gasteiger partial charge < -0.3 is 51.3 Å². The van der Waals surface area contributed by atoms with Crippen LogP contribution in [0.4, 0.5) is 46.3 Å². The predicted octanol–water partition coefficient (Wildman–Crippen LogP) is 10.9. The molecule has 35 heteroatoms. The third kappa shape index (κ3) is 21.5. The van der Waals surface area contributed by atoms with Gasteiger partial charge in [-0.3, -0.25) is 67.2 Å². The number of aryl methyl sites for hydroxylation is 2. The van der Waals surface area contributed by atoms with Crippen LogP contribution in [0.1, 0.15) is 184 Å². The highest BCUT2D eigenvalue weighted by atomic mass is 35.5. The van der Waals surface area contributed by atoms with Gasteiger partial charge in [0.05, 0.1) is 75.5 Å². The van der Waals surface area contributed by atoms with E-state index in [1.807, 2.05) is 49.9 Å². The SMILES string of the molecule is CC(=O)c1c(C)c2cnc(Nc3ccc(N4CCN(CC(=O)NCCSSCCN(CC(=O)NCCNc5cccc6c5C(=O)N(C5CCC(=O)N(C)C5=O)C6=O)C(=O)CCCCCCC(=O)N5CCC(c6cc(OC(C)C)c(Nc7ncc(Cl)c(Nc8ccccc8S(=O)(=O)C(C)C)n7)cc6C)CC5)CC4)cn3)nc2n(C2CCCC2)c1=O. The Morgan fingerprint density at radius 3 is 2.13 bits per heavy atom. The van der Waals surface area contributed by atoms with Crippen LogP contribution >= 0.6 is 33.2 Å². The number of ether oxygens (including phenoxy) is 1. The van der Waals surface area contributed by atoms with Crippen LogP contribution in [-0.2, 0) is 38.6 Å². The Kier molecular flexibility index (Phi) is 29.7. The summed E-state index contributed by atoms with van der Waals surface area (Å²) in [7, 11) is 0.782. The lowest BCUT2D eigenvalue weighted by Crippen LogP contribution is -2.54. The summed E-state index contributed by atoms with van der Waals surface area (Å²) in [6.07, 6.45) is 13.2. The molecule has 4 aromatic heterocycles. The first-order valence-electron chi connectivity index (χ1n) is 40.9. The van der Waals surface area contributed by atoms with Gasteiger partial charge in [-0.05, 0) is 165 Å². The van der Waals surface area contributed by atoms with Gasteiger partial charge in [0.1, 0.15) is 28.3 Å². The lowest BCUT2D eigenvalue weighted by molar-refractivity contribution is -0.149. The zero-order chi connectivity index (χ0) is 84.8. The smallest absolute Gasteiger partial charge is 0.264 e. The van der Waals surface area contributed by atoms with Crippen molar-refractivity contribution in [3.63, 3.8) is 0 Å². The van der Waals surface area contributed by atoms with E-state index in [2.05, 4.69) is 61.6 Å². The van der Waals surface area contributed by atoms with Crippen LogP contribution in [0.2, 0.25) is 5.02 Å². The van der Waals surface area contributed by atoms with Gasteiger partial charge in [0, 0.05) is 127 Å². The summed E-state index contributed by atoms with van der Waals surface area (Å²) in [6.45, 7) is 17.3. The maximum Gasteiger partial charge on any atom is 0.264 e. The summed E-state index contributed by atoms with van der Waals surface area (Å²) in [6, 6.07) is 18.1. The number of anilines is 8. The molecule has 4 aliphatic heterocycles. The molecule has 7 aromatic rings. The molecule has 0 bridgehead atoms. The molecule has 0 spiro atoms. The Bertz CT molecular complexity index is 5130. The number of likely N-dealkylation sites (N-methyl/N-ethyl adjacent to an activating group) is 1. The summed E-state index contributed by atoms with van der Waals surface area (Å²) in [5, 5.41) is 18.9. The second-order valence-corrected chi connectivity index (χ2v) is 36.8. The largest absolute Gasteiger partial charge is 0.489 e. The van der Waals surface area contributed by atoms with E-state index >= 15 is 0 Å². The molecule has 1 aliphatic carbocycles. The van der Waals surface area contributed by atoms with E-state index in [9.17, 15) is 56.4 Å². The number of para-hydroxylation sites is 1.